The zero-order chi connectivity index (χ0) is 25.6. The maximum Gasteiger partial charge on any atom is 0.271 e. The van der Waals surface area contributed by atoms with E-state index in [0.717, 1.165) is 9.87 Å². The summed E-state index contributed by atoms with van der Waals surface area (Å²) in [5, 5.41) is 13.8. The van der Waals surface area contributed by atoms with Gasteiger partial charge in [0, 0.05) is 18.7 Å². The summed E-state index contributed by atoms with van der Waals surface area (Å²) in [7, 11) is -2.70. The van der Waals surface area contributed by atoms with E-state index in [0.29, 0.717) is 17.7 Å². The molecule has 0 fully saturated rings. The maximum atomic E-state index is 13.5. The fourth-order valence-electron chi connectivity index (χ4n) is 3.35. The van der Waals surface area contributed by atoms with E-state index in [1.54, 1.807) is 6.92 Å². The number of non-ortho nitro benzene ring substituents is 1. The molecule has 1 N–H and O–H groups in total. The molecular weight excluding hydrogens is 494 g/mol. The molecule has 0 bridgehead atoms. The highest BCUT2D eigenvalue weighted by Gasteiger charge is 2.28. The first-order valence-electron chi connectivity index (χ1n) is 10.5. The maximum absolute atomic E-state index is 13.5. The third kappa shape index (κ3) is 6.56. The van der Waals surface area contributed by atoms with Crippen LogP contribution in [0.15, 0.2) is 71.6 Å². The van der Waals surface area contributed by atoms with Crippen molar-refractivity contribution in [2.75, 3.05) is 25.5 Å². The molecule has 184 valence electrons. The number of carbonyl (C=O) groups excluding carboxylic acids is 1. The van der Waals surface area contributed by atoms with Crippen molar-refractivity contribution in [3.8, 4) is 5.75 Å². The van der Waals surface area contributed by atoms with Crippen molar-refractivity contribution < 1.29 is 22.9 Å². The Balaban J connectivity index is 1.88. The summed E-state index contributed by atoms with van der Waals surface area (Å²) < 4.78 is 33.1. The van der Waals surface area contributed by atoms with E-state index in [9.17, 15) is 23.3 Å². The Morgan fingerprint density at radius 3 is 2.46 bits per heavy atom. The topological polar surface area (TPSA) is 119 Å². The number of sulfonamides is 1. The lowest BCUT2D eigenvalue weighted by Gasteiger charge is -2.22. The molecular formula is C24H24ClN3O6S. The Kier molecular flexibility index (Phi) is 8.44. The van der Waals surface area contributed by atoms with Gasteiger partial charge in [-0.25, -0.2) is 8.42 Å². The molecule has 3 aromatic rings. The molecule has 0 heterocycles. The first-order valence-corrected chi connectivity index (χ1v) is 12.4. The van der Waals surface area contributed by atoms with Gasteiger partial charge in [-0.1, -0.05) is 48.0 Å². The van der Waals surface area contributed by atoms with Crippen molar-refractivity contribution in [1.82, 2.24) is 4.31 Å². The van der Waals surface area contributed by atoms with E-state index in [1.807, 2.05) is 30.3 Å². The van der Waals surface area contributed by atoms with Gasteiger partial charge in [0.15, 0.2) is 0 Å². The van der Waals surface area contributed by atoms with Crippen LogP contribution in [0.1, 0.15) is 11.1 Å². The van der Waals surface area contributed by atoms with Gasteiger partial charge in [0.1, 0.15) is 5.75 Å². The lowest BCUT2D eigenvalue weighted by atomic mass is 10.1. The highest BCUT2D eigenvalue weighted by Crippen LogP contribution is 2.29. The van der Waals surface area contributed by atoms with Crippen LogP contribution in [0.3, 0.4) is 0 Å². The summed E-state index contributed by atoms with van der Waals surface area (Å²) in [5.74, 6) is -0.315. The largest absolute Gasteiger partial charge is 0.495 e. The predicted molar refractivity (Wildman–Crippen MR) is 133 cm³/mol. The van der Waals surface area contributed by atoms with E-state index < -0.39 is 27.4 Å². The Hall–Kier alpha value is -3.47. The number of nitrogens with zero attached hydrogens (tertiary/aromatic N) is 2. The number of nitrogens with one attached hydrogen (secondary N) is 1. The smallest absolute Gasteiger partial charge is 0.271 e. The zero-order valence-corrected chi connectivity index (χ0v) is 20.7. The minimum absolute atomic E-state index is 0.0251. The molecule has 0 spiro atoms. The third-order valence-corrected chi connectivity index (χ3v) is 7.42. The summed E-state index contributed by atoms with van der Waals surface area (Å²) in [4.78, 5) is 23.3. The van der Waals surface area contributed by atoms with Crippen molar-refractivity contribution in [2.45, 2.75) is 18.2 Å². The number of nitro groups is 1. The van der Waals surface area contributed by atoms with Crippen LogP contribution in [0.25, 0.3) is 0 Å². The minimum atomic E-state index is -4.11. The number of aryl methyl sites for hydroxylation is 1. The average Bonchev–Trinajstić information content (AvgIpc) is 2.83. The SMILES string of the molecule is COc1ccc(S(=O)(=O)N(CCc2ccccc2)CC(=O)Nc2cc([N+](=O)[O-])ccc2C)cc1Cl. The number of hydrogen-bond donors (Lipinski definition) is 1. The molecule has 0 saturated carbocycles. The van der Waals surface area contributed by atoms with Crippen LogP contribution >= 0.6 is 11.6 Å². The summed E-state index contributed by atoms with van der Waals surface area (Å²) in [6.45, 7) is 1.21. The number of methoxy groups -OCH3 is 1. The third-order valence-electron chi connectivity index (χ3n) is 5.28. The summed E-state index contributed by atoms with van der Waals surface area (Å²) in [6, 6.07) is 17.4. The number of carbonyl (C=O) groups is 1. The number of hydrogen-bond acceptors (Lipinski definition) is 6. The monoisotopic (exact) mass is 517 g/mol. The van der Waals surface area contributed by atoms with E-state index >= 15 is 0 Å². The molecule has 1 amide bonds. The molecule has 3 aromatic carbocycles. The molecule has 0 aliphatic carbocycles. The summed E-state index contributed by atoms with van der Waals surface area (Å²) in [6.07, 6.45) is 0.368. The van der Waals surface area contributed by atoms with Crippen LogP contribution in [-0.2, 0) is 21.2 Å². The molecule has 0 atom stereocenters. The highest BCUT2D eigenvalue weighted by molar-refractivity contribution is 7.89. The van der Waals surface area contributed by atoms with Gasteiger partial charge in [0.25, 0.3) is 5.69 Å². The van der Waals surface area contributed by atoms with Gasteiger partial charge in [-0.2, -0.15) is 4.31 Å². The Labute approximate surface area is 208 Å². The number of rotatable bonds is 10. The normalized spacial score (nSPS) is 11.3. The number of benzene rings is 3. The van der Waals surface area contributed by atoms with E-state index in [4.69, 9.17) is 16.3 Å². The number of ether oxygens (including phenoxy) is 1. The fraction of sp³-hybridized carbons (Fsp3) is 0.208. The predicted octanol–water partition coefficient (Wildman–Crippen LogP) is 4.44. The Bertz CT molecular complexity index is 1330. The molecule has 3 rings (SSSR count). The van der Waals surface area contributed by atoms with E-state index in [-0.39, 0.29) is 27.8 Å². The van der Waals surface area contributed by atoms with E-state index in [2.05, 4.69) is 5.32 Å². The van der Waals surface area contributed by atoms with Crippen LogP contribution < -0.4 is 10.1 Å². The van der Waals surface area contributed by atoms with Gasteiger partial charge < -0.3 is 10.1 Å². The van der Waals surface area contributed by atoms with Crippen molar-refractivity contribution in [1.29, 1.82) is 0 Å². The number of amides is 1. The fourth-order valence-corrected chi connectivity index (χ4v) is 5.09. The van der Waals surface area contributed by atoms with E-state index in [1.165, 1.54) is 43.5 Å². The Morgan fingerprint density at radius 2 is 1.83 bits per heavy atom. The highest BCUT2D eigenvalue weighted by atomic mass is 35.5. The number of nitro benzene ring substituents is 1. The molecule has 0 aliphatic rings. The molecule has 0 saturated heterocycles. The zero-order valence-electron chi connectivity index (χ0n) is 19.1. The molecule has 0 aromatic heterocycles. The lowest BCUT2D eigenvalue weighted by molar-refractivity contribution is -0.384. The minimum Gasteiger partial charge on any atom is -0.495 e. The second-order valence-corrected chi connectivity index (χ2v) is 10.0. The van der Waals surface area contributed by atoms with Gasteiger partial charge in [0.2, 0.25) is 15.9 Å². The molecule has 9 nitrogen and oxygen atoms in total. The Morgan fingerprint density at radius 1 is 1.11 bits per heavy atom. The van der Waals surface area contributed by atoms with Gasteiger partial charge >= 0.3 is 0 Å². The van der Waals surface area contributed by atoms with Gasteiger partial charge in [0.05, 0.1) is 34.2 Å². The van der Waals surface area contributed by atoms with Crippen molar-refractivity contribution in [3.05, 3.63) is 93.0 Å². The van der Waals surface area contributed by atoms with Gasteiger partial charge in [-0.15, -0.1) is 0 Å². The van der Waals surface area contributed by atoms with Crippen LogP contribution in [-0.4, -0.2) is 43.8 Å². The second kappa shape index (κ2) is 11.3. The molecule has 0 unspecified atom stereocenters. The molecule has 0 radical (unpaired) electrons. The van der Waals surface area contributed by atoms with Gasteiger partial charge in [-0.3, -0.25) is 14.9 Å². The first-order chi connectivity index (χ1) is 16.6. The van der Waals surface area contributed by atoms with Crippen molar-refractivity contribution >= 4 is 38.9 Å². The molecule has 11 heteroatoms. The van der Waals surface area contributed by atoms with Crippen LogP contribution in [0.5, 0.6) is 5.75 Å². The standard InChI is InChI=1S/C24H24ClN3O6S/c1-17-8-9-19(28(30)31)14-22(17)26-24(29)16-27(13-12-18-6-4-3-5-7-18)35(32,33)20-10-11-23(34-2)21(25)15-20/h3-11,14-15H,12-13,16H2,1-2H3,(H,26,29). The number of anilines is 1. The van der Waals surface area contributed by atoms with Crippen molar-refractivity contribution in [3.63, 3.8) is 0 Å². The lowest BCUT2D eigenvalue weighted by Crippen LogP contribution is -2.39. The van der Waals surface area contributed by atoms with Crippen LogP contribution in [0.2, 0.25) is 5.02 Å². The van der Waals surface area contributed by atoms with Crippen LogP contribution in [0.4, 0.5) is 11.4 Å². The first kappa shape index (κ1) is 26.1. The second-order valence-electron chi connectivity index (χ2n) is 7.68. The quantitative estimate of drug-likeness (QED) is 0.314. The summed E-state index contributed by atoms with van der Waals surface area (Å²) in [5.41, 5.74) is 1.55. The average molecular weight is 518 g/mol. The summed E-state index contributed by atoms with van der Waals surface area (Å²) >= 11 is 6.14. The number of halogens is 1. The van der Waals surface area contributed by atoms with Crippen LogP contribution in [0, 0.1) is 17.0 Å². The van der Waals surface area contributed by atoms with Crippen molar-refractivity contribution in [2.24, 2.45) is 0 Å². The molecule has 35 heavy (non-hydrogen) atoms. The van der Waals surface area contributed by atoms with Gasteiger partial charge in [-0.05, 0) is 42.7 Å². The molecule has 0 aliphatic heterocycles.